The second-order valence-corrected chi connectivity index (χ2v) is 5.16. The van der Waals surface area contributed by atoms with Gasteiger partial charge in [-0.05, 0) is 26.7 Å². The standard InChI is InChI=1S/C15H28N4O/c1-5-8-10-18(11-9-6-2)15(20)14-13(16)12(4)17-19(14)7-3/h5-11,16H2,1-4H3. The van der Waals surface area contributed by atoms with Crippen LogP contribution < -0.4 is 5.73 Å². The molecule has 0 unspecified atom stereocenters. The quantitative estimate of drug-likeness (QED) is 0.796. The second-order valence-electron chi connectivity index (χ2n) is 5.16. The number of nitrogens with two attached hydrogens (primary N) is 1. The van der Waals surface area contributed by atoms with Crippen LogP contribution >= 0.6 is 0 Å². The normalized spacial score (nSPS) is 10.8. The SMILES string of the molecule is CCCCN(CCCC)C(=O)c1c(N)c(C)nn1CC. The number of hydrogen-bond donors (Lipinski definition) is 1. The summed E-state index contributed by atoms with van der Waals surface area (Å²) < 4.78 is 1.72. The van der Waals surface area contributed by atoms with Crippen molar-refractivity contribution >= 4 is 11.6 Å². The van der Waals surface area contributed by atoms with Crippen molar-refractivity contribution in [3.8, 4) is 0 Å². The molecule has 2 N–H and O–H groups in total. The highest BCUT2D eigenvalue weighted by atomic mass is 16.2. The summed E-state index contributed by atoms with van der Waals surface area (Å²) in [6, 6.07) is 0. The van der Waals surface area contributed by atoms with Gasteiger partial charge in [0, 0.05) is 19.6 Å². The van der Waals surface area contributed by atoms with Crippen molar-refractivity contribution in [1.29, 1.82) is 0 Å². The van der Waals surface area contributed by atoms with Crippen LogP contribution in [0.1, 0.15) is 62.6 Å². The van der Waals surface area contributed by atoms with Crippen molar-refractivity contribution in [2.24, 2.45) is 0 Å². The third kappa shape index (κ3) is 3.74. The summed E-state index contributed by atoms with van der Waals surface area (Å²) in [4.78, 5) is 14.7. The van der Waals surface area contributed by atoms with Gasteiger partial charge >= 0.3 is 0 Å². The van der Waals surface area contributed by atoms with Crippen LogP contribution in [0.5, 0.6) is 0 Å². The highest BCUT2D eigenvalue weighted by Crippen LogP contribution is 2.19. The van der Waals surface area contributed by atoms with Crippen molar-refractivity contribution in [3.05, 3.63) is 11.4 Å². The highest BCUT2D eigenvalue weighted by Gasteiger charge is 2.23. The Morgan fingerprint density at radius 2 is 1.75 bits per heavy atom. The number of aromatic nitrogens is 2. The van der Waals surface area contributed by atoms with Crippen molar-refractivity contribution in [2.75, 3.05) is 18.8 Å². The molecule has 1 heterocycles. The minimum Gasteiger partial charge on any atom is -0.395 e. The molecule has 0 atom stereocenters. The number of carbonyl (C=O) groups is 1. The Kier molecular flexibility index (Phi) is 6.55. The Labute approximate surface area is 122 Å². The van der Waals surface area contributed by atoms with Crippen LogP contribution in [-0.2, 0) is 6.54 Å². The summed E-state index contributed by atoms with van der Waals surface area (Å²) in [6.45, 7) is 10.3. The van der Waals surface area contributed by atoms with Crippen LogP contribution in [0, 0.1) is 6.92 Å². The lowest BCUT2D eigenvalue weighted by atomic mass is 10.2. The molecule has 114 valence electrons. The Morgan fingerprint density at radius 1 is 1.20 bits per heavy atom. The summed E-state index contributed by atoms with van der Waals surface area (Å²) in [5, 5.41) is 4.34. The number of nitrogen functional groups attached to an aromatic ring is 1. The molecule has 1 aromatic heterocycles. The van der Waals surface area contributed by atoms with E-state index in [1.54, 1.807) is 4.68 Å². The maximum absolute atomic E-state index is 12.8. The fourth-order valence-electron chi connectivity index (χ4n) is 2.21. The smallest absolute Gasteiger partial charge is 0.274 e. The van der Waals surface area contributed by atoms with E-state index in [4.69, 9.17) is 5.73 Å². The van der Waals surface area contributed by atoms with E-state index >= 15 is 0 Å². The van der Waals surface area contributed by atoms with Crippen molar-refractivity contribution in [1.82, 2.24) is 14.7 Å². The fraction of sp³-hybridized carbons (Fsp3) is 0.733. The molecule has 20 heavy (non-hydrogen) atoms. The maximum atomic E-state index is 12.8. The van der Waals surface area contributed by atoms with Crippen LogP contribution in [0.3, 0.4) is 0 Å². The first-order chi connectivity index (χ1) is 9.56. The molecule has 1 aromatic rings. The largest absolute Gasteiger partial charge is 0.395 e. The van der Waals surface area contributed by atoms with Crippen LogP contribution in [0.4, 0.5) is 5.69 Å². The Morgan fingerprint density at radius 3 is 2.20 bits per heavy atom. The van der Waals surface area contributed by atoms with Crippen LogP contribution in [-0.4, -0.2) is 33.7 Å². The van der Waals surface area contributed by atoms with Gasteiger partial charge in [0.05, 0.1) is 11.4 Å². The van der Waals surface area contributed by atoms with Crippen molar-refractivity contribution in [2.45, 2.75) is 59.9 Å². The van der Waals surface area contributed by atoms with E-state index in [2.05, 4.69) is 18.9 Å². The summed E-state index contributed by atoms with van der Waals surface area (Å²) in [6.07, 6.45) is 4.21. The van der Waals surface area contributed by atoms with Gasteiger partial charge in [0.2, 0.25) is 0 Å². The topological polar surface area (TPSA) is 64.2 Å². The van der Waals surface area contributed by atoms with Gasteiger partial charge in [-0.15, -0.1) is 0 Å². The van der Waals surface area contributed by atoms with Gasteiger partial charge in [0.15, 0.2) is 0 Å². The first-order valence-electron chi connectivity index (χ1n) is 7.68. The predicted octanol–water partition coefficient (Wildman–Crippen LogP) is 2.84. The molecule has 0 spiro atoms. The van der Waals surface area contributed by atoms with Crippen molar-refractivity contribution < 1.29 is 4.79 Å². The molecule has 0 aliphatic rings. The molecule has 1 rings (SSSR count). The minimum atomic E-state index is 0.0202. The van der Waals surface area contributed by atoms with E-state index in [1.165, 1.54) is 0 Å². The Balaban J connectivity index is 2.98. The average molecular weight is 280 g/mol. The van der Waals surface area contributed by atoms with Gasteiger partial charge in [0.1, 0.15) is 5.69 Å². The molecule has 0 saturated carbocycles. The summed E-state index contributed by atoms with van der Waals surface area (Å²) >= 11 is 0. The monoisotopic (exact) mass is 280 g/mol. The molecule has 0 radical (unpaired) electrons. The molecule has 0 aromatic carbocycles. The highest BCUT2D eigenvalue weighted by molar-refractivity contribution is 5.98. The van der Waals surface area contributed by atoms with E-state index in [1.807, 2.05) is 18.7 Å². The third-order valence-corrected chi connectivity index (χ3v) is 3.53. The zero-order valence-electron chi connectivity index (χ0n) is 13.3. The molecular weight excluding hydrogens is 252 g/mol. The van der Waals surface area contributed by atoms with Crippen LogP contribution in [0.25, 0.3) is 0 Å². The van der Waals surface area contributed by atoms with Crippen molar-refractivity contribution in [3.63, 3.8) is 0 Å². The van der Waals surface area contributed by atoms with Gasteiger partial charge in [-0.25, -0.2) is 0 Å². The zero-order chi connectivity index (χ0) is 15.1. The van der Waals surface area contributed by atoms with Crippen LogP contribution in [0.15, 0.2) is 0 Å². The van der Waals surface area contributed by atoms with Gasteiger partial charge in [-0.3, -0.25) is 9.48 Å². The second kappa shape index (κ2) is 7.92. The number of unbranched alkanes of at least 4 members (excludes halogenated alkanes) is 2. The molecule has 0 bridgehead atoms. The van der Waals surface area contributed by atoms with E-state index in [-0.39, 0.29) is 5.91 Å². The molecule has 0 saturated heterocycles. The van der Waals surface area contributed by atoms with E-state index < -0.39 is 0 Å². The lowest BCUT2D eigenvalue weighted by Crippen LogP contribution is -2.35. The van der Waals surface area contributed by atoms with E-state index in [0.29, 0.717) is 17.9 Å². The molecule has 0 aliphatic heterocycles. The Bertz CT molecular complexity index is 431. The van der Waals surface area contributed by atoms with E-state index in [9.17, 15) is 4.79 Å². The third-order valence-electron chi connectivity index (χ3n) is 3.53. The first kappa shape index (κ1) is 16.5. The Hall–Kier alpha value is -1.52. The molecule has 0 fully saturated rings. The molecule has 5 heteroatoms. The fourth-order valence-corrected chi connectivity index (χ4v) is 2.21. The van der Waals surface area contributed by atoms with Gasteiger partial charge < -0.3 is 10.6 Å². The number of amides is 1. The maximum Gasteiger partial charge on any atom is 0.274 e. The van der Waals surface area contributed by atoms with E-state index in [0.717, 1.165) is 44.5 Å². The average Bonchev–Trinajstić information content (AvgIpc) is 2.73. The first-order valence-corrected chi connectivity index (χ1v) is 7.68. The van der Waals surface area contributed by atoms with Gasteiger partial charge in [-0.1, -0.05) is 26.7 Å². The molecule has 1 amide bonds. The predicted molar refractivity (Wildman–Crippen MR) is 82.8 cm³/mol. The lowest BCUT2D eigenvalue weighted by molar-refractivity contribution is 0.0739. The zero-order valence-corrected chi connectivity index (χ0v) is 13.3. The summed E-state index contributed by atoms with van der Waals surface area (Å²) in [5.74, 6) is 0.0202. The number of hydrogen-bond acceptors (Lipinski definition) is 3. The van der Waals surface area contributed by atoms with Gasteiger partial charge in [0.25, 0.3) is 5.91 Å². The number of anilines is 1. The number of rotatable bonds is 8. The summed E-state index contributed by atoms with van der Waals surface area (Å²) in [7, 11) is 0. The molecule has 0 aliphatic carbocycles. The van der Waals surface area contributed by atoms with Gasteiger partial charge in [-0.2, -0.15) is 5.10 Å². The minimum absolute atomic E-state index is 0.0202. The molecule has 5 nitrogen and oxygen atoms in total. The number of carbonyl (C=O) groups excluding carboxylic acids is 1. The molecular formula is C15H28N4O. The van der Waals surface area contributed by atoms with Crippen LogP contribution in [0.2, 0.25) is 0 Å². The lowest BCUT2D eigenvalue weighted by Gasteiger charge is -2.23. The number of nitrogens with zero attached hydrogens (tertiary/aromatic N) is 3. The number of aryl methyl sites for hydroxylation is 2. The summed E-state index contributed by atoms with van der Waals surface area (Å²) in [5.41, 5.74) is 7.86.